The Morgan fingerprint density at radius 1 is 1.21 bits per heavy atom. The van der Waals surface area contributed by atoms with E-state index < -0.39 is 16.8 Å². The van der Waals surface area contributed by atoms with E-state index in [9.17, 15) is 13.8 Å². The molecule has 9 heteroatoms. The predicted molar refractivity (Wildman–Crippen MR) is 129 cm³/mol. The van der Waals surface area contributed by atoms with Gasteiger partial charge >= 0.3 is 0 Å². The molecule has 0 aliphatic carbocycles. The molecule has 1 atom stereocenters. The van der Waals surface area contributed by atoms with E-state index in [1.54, 1.807) is 67.9 Å². The SMILES string of the molecule is COc1cc(CNC(=O)c2ccc3c(c2)C(=O)/C(=C/c2cccc(Cl)c2)S(=O)N3C)ccn1. The van der Waals surface area contributed by atoms with Crippen molar-refractivity contribution in [3.8, 4) is 5.88 Å². The highest BCUT2D eigenvalue weighted by Gasteiger charge is 2.32. The third kappa shape index (κ3) is 4.81. The Balaban J connectivity index is 1.60. The molecule has 1 aromatic heterocycles. The molecule has 168 valence electrons. The number of ether oxygens (including phenoxy) is 1. The maximum absolute atomic E-state index is 13.2. The van der Waals surface area contributed by atoms with E-state index in [-0.39, 0.29) is 17.4 Å². The zero-order chi connectivity index (χ0) is 23.5. The Morgan fingerprint density at radius 2 is 2.03 bits per heavy atom. The summed E-state index contributed by atoms with van der Waals surface area (Å²) in [4.78, 5) is 30.1. The second kappa shape index (κ2) is 9.56. The van der Waals surface area contributed by atoms with Crippen LogP contribution in [0.5, 0.6) is 5.88 Å². The van der Waals surface area contributed by atoms with E-state index in [0.29, 0.717) is 33.3 Å². The monoisotopic (exact) mass is 481 g/mol. The molecule has 2 aromatic carbocycles. The summed E-state index contributed by atoms with van der Waals surface area (Å²) in [5.41, 5.74) is 2.62. The number of amides is 1. The number of fused-ring (bicyclic) bond motifs is 1. The molecule has 3 aromatic rings. The van der Waals surface area contributed by atoms with Gasteiger partial charge in [0, 0.05) is 42.0 Å². The molecule has 0 fully saturated rings. The zero-order valence-corrected chi connectivity index (χ0v) is 19.4. The summed E-state index contributed by atoms with van der Waals surface area (Å²) in [5, 5.41) is 3.34. The Kier molecular flexibility index (Phi) is 6.57. The highest BCUT2D eigenvalue weighted by molar-refractivity contribution is 7.91. The number of nitrogens with zero attached hydrogens (tertiary/aromatic N) is 2. The van der Waals surface area contributed by atoms with Crippen LogP contribution >= 0.6 is 11.6 Å². The van der Waals surface area contributed by atoms with Gasteiger partial charge in [-0.15, -0.1) is 0 Å². The van der Waals surface area contributed by atoms with Gasteiger partial charge in [-0.3, -0.25) is 13.9 Å². The maximum atomic E-state index is 13.2. The van der Waals surface area contributed by atoms with E-state index in [2.05, 4.69) is 10.3 Å². The van der Waals surface area contributed by atoms with Crippen LogP contribution in [0.25, 0.3) is 6.08 Å². The van der Waals surface area contributed by atoms with Crippen molar-refractivity contribution in [1.82, 2.24) is 10.3 Å². The van der Waals surface area contributed by atoms with E-state index in [1.165, 1.54) is 17.5 Å². The van der Waals surface area contributed by atoms with Crippen LogP contribution in [-0.2, 0) is 17.5 Å². The Labute approximate surface area is 198 Å². The number of aromatic nitrogens is 1. The third-order valence-corrected chi connectivity index (χ3v) is 6.72. The van der Waals surface area contributed by atoms with Crippen molar-refractivity contribution in [3.05, 3.63) is 93.0 Å². The number of anilines is 1. The smallest absolute Gasteiger partial charge is 0.251 e. The Morgan fingerprint density at radius 3 is 2.79 bits per heavy atom. The molecule has 1 aliphatic rings. The fraction of sp³-hybridized carbons (Fsp3) is 0.125. The lowest BCUT2D eigenvalue weighted by molar-refractivity contribution is 0.0951. The number of hydrogen-bond donors (Lipinski definition) is 1. The molecule has 4 rings (SSSR count). The van der Waals surface area contributed by atoms with Crippen molar-refractivity contribution in [2.24, 2.45) is 0 Å². The average molecular weight is 482 g/mol. The van der Waals surface area contributed by atoms with E-state index in [4.69, 9.17) is 16.3 Å². The lowest BCUT2D eigenvalue weighted by atomic mass is 10.0. The highest BCUT2D eigenvalue weighted by atomic mass is 35.5. The summed E-state index contributed by atoms with van der Waals surface area (Å²) >= 11 is 6.04. The molecular formula is C24H20ClN3O4S. The number of carbonyl (C=O) groups is 2. The first kappa shape index (κ1) is 22.7. The van der Waals surface area contributed by atoms with Gasteiger partial charge in [0.25, 0.3) is 5.91 Å². The lowest BCUT2D eigenvalue weighted by Gasteiger charge is -2.27. The molecule has 0 saturated heterocycles. The number of pyridine rings is 1. The first-order valence-corrected chi connectivity index (χ1v) is 11.4. The molecule has 0 bridgehead atoms. The van der Waals surface area contributed by atoms with Crippen LogP contribution in [0.2, 0.25) is 5.02 Å². The first-order chi connectivity index (χ1) is 15.9. The van der Waals surface area contributed by atoms with Crippen LogP contribution in [0.15, 0.2) is 65.7 Å². The largest absolute Gasteiger partial charge is 0.481 e. The first-order valence-electron chi connectivity index (χ1n) is 9.96. The minimum absolute atomic E-state index is 0.119. The molecule has 0 spiro atoms. The second-order valence-electron chi connectivity index (χ2n) is 7.26. The normalized spacial score (nSPS) is 16.5. The summed E-state index contributed by atoms with van der Waals surface area (Å²) in [5.74, 6) is -0.276. The number of hydrogen-bond acceptors (Lipinski definition) is 5. The van der Waals surface area contributed by atoms with Gasteiger partial charge < -0.3 is 10.1 Å². The average Bonchev–Trinajstić information content (AvgIpc) is 2.83. The molecule has 2 heterocycles. The van der Waals surface area contributed by atoms with Gasteiger partial charge in [0.05, 0.1) is 12.8 Å². The number of benzene rings is 2. The van der Waals surface area contributed by atoms with Crippen molar-refractivity contribution in [2.75, 3.05) is 18.5 Å². The number of methoxy groups -OCH3 is 1. The van der Waals surface area contributed by atoms with Gasteiger partial charge in [-0.05, 0) is 53.6 Å². The molecule has 33 heavy (non-hydrogen) atoms. The van der Waals surface area contributed by atoms with E-state index >= 15 is 0 Å². The number of rotatable bonds is 5. The predicted octanol–water partition coefficient (Wildman–Crippen LogP) is 4.01. The minimum atomic E-state index is -1.69. The molecular weight excluding hydrogens is 462 g/mol. The maximum Gasteiger partial charge on any atom is 0.251 e. The van der Waals surface area contributed by atoms with Gasteiger partial charge in [0.2, 0.25) is 11.7 Å². The number of nitrogens with one attached hydrogen (secondary N) is 1. The summed E-state index contributed by atoms with van der Waals surface area (Å²) in [6, 6.07) is 15.2. The van der Waals surface area contributed by atoms with Gasteiger partial charge in [0.15, 0.2) is 11.0 Å². The molecule has 1 aliphatic heterocycles. The minimum Gasteiger partial charge on any atom is -0.481 e. The second-order valence-corrected chi connectivity index (χ2v) is 9.18. The van der Waals surface area contributed by atoms with Crippen LogP contribution in [-0.4, -0.2) is 35.0 Å². The quantitative estimate of drug-likeness (QED) is 0.556. The summed E-state index contributed by atoms with van der Waals surface area (Å²) < 4.78 is 19.5. The fourth-order valence-corrected chi connectivity index (χ4v) is 4.74. The Hall–Kier alpha value is -3.49. The molecule has 1 unspecified atom stereocenters. The zero-order valence-electron chi connectivity index (χ0n) is 17.9. The van der Waals surface area contributed by atoms with Gasteiger partial charge in [-0.25, -0.2) is 9.19 Å². The van der Waals surface area contributed by atoms with Gasteiger partial charge in [-0.1, -0.05) is 23.7 Å². The number of allylic oxidation sites excluding steroid dienone is 1. The fourth-order valence-electron chi connectivity index (χ4n) is 3.40. The molecule has 1 amide bonds. The van der Waals surface area contributed by atoms with Crippen LogP contribution in [0.4, 0.5) is 5.69 Å². The van der Waals surface area contributed by atoms with Crippen LogP contribution in [0.1, 0.15) is 31.8 Å². The number of carbonyl (C=O) groups excluding carboxylic acids is 2. The number of ketones is 1. The molecule has 0 radical (unpaired) electrons. The lowest BCUT2D eigenvalue weighted by Crippen LogP contribution is -2.32. The van der Waals surface area contributed by atoms with Crippen molar-refractivity contribution in [1.29, 1.82) is 0 Å². The summed E-state index contributed by atoms with van der Waals surface area (Å²) in [6.07, 6.45) is 3.16. The van der Waals surface area contributed by atoms with Crippen molar-refractivity contribution in [2.45, 2.75) is 6.54 Å². The van der Waals surface area contributed by atoms with Crippen molar-refractivity contribution < 1.29 is 18.5 Å². The van der Waals surface area contributed by atoms with Crippen molar-refractivity contribution in [3.63, 3.8) is 0 Å². The van der Waals surface area contributed by atoms with Gasteiger partial charge in [0.1, 0.15) is 4.91 Å². The van der Waals surface area contributed by atoms with Crippen LogP contribution < -0.4 is 14.4 Å². The molecule has 7 nitrogen and oxygen atoms in total. The van der Waals surface area contributed by atoms with E-state index in [0.717, 1.165) is 5.56 Å². The number of halogens is 1. The molecule has 1 N–H and O–H groups in total. The van der Waals surface area contributed by atoms with Crippen LogP contribution in [0, 0.1) is 0 Å². The Bertz CT molecular complexity index is 1310. The standard InChI is InChI=1S/C24H20ClN3O4S/c1-28-20-7-6-17(24(30)27-14-16-8-9-26-22(12-16)32-2)13-19(20)23(29)21(33(28)31)11-15-4-3-5-18(25)10-15/h3-13H,14H2,1-2H3,(H,27,30)/b21-11-. The highest BCUT2D eigenvalue weighted by Crippen LogP contribution is 2.33. The summed E-state index contributed by atoms with van der Waals surface area (Å²) in [6.45, 7) is 0.270. The van der Waals surface area contributed by atoms with E-state index in [1.807, 2.05) is 0 Å². The summed E-state index contributed by atoms with van der Waals surface area (Å²) in [7, 11) is 1.48. The number of Topliss-reactive ketones (excluding diaryl/α,β-unsaturated/α-hetero) is 1. The topological polar surface area (TPSA) is 88.6 Å². The third-order valence-electron chi connectivity index (χ3n) is 5.11. The van der Waals surface area contributed by atoms with Gasteiger partial charge in [-0.2, -0.15) is 0 Å². The van der Waals surface area contributed by atoms with Crippen LogP contribution in [0.3, 0.4) is 0 Å². The van der Waals surface area contributed by atoms with Crippen molar-refractivity contribution >= 4 is 46.0 Å². The molecule has 0 saturated carbocycles.